The highest BCUT2D eigenvalue weighted by Crippen LogP contribution is 2.36. The molecule has 0 spiro atoms. The standard InChI is InChI=1S/C25H29BrF6N6O4/c26-17-6-5-15(11-16(17)25(30,31)32)36-23(42)20(21(40)13-1-3-14(4-2-13)24(27,28)29)37-22(41)18(35)12-19(39)38(9-7-33)10-8-34/h1-6,11,18,20-21,40H,7-10,12,33-35H2,(H,36,42)(H,37,41). The van der Waals surface area contributed by atoms with Gasteiger partial charge in [0.1, 0.15) is 12.1 Å². The monoisotopic (exact) mass is 670 g/mol. The number of anilines is 1. The SMILES string of the molecule is NCCN(CCN)C(=O)CC(N)C(=O)NC(C(=O)Nc1ccc(Br)c(C(F)(F)F)c1)C(O)c1ccc(C(F)(F)F)cc1. The van der Waals surface area contributed by atoms with Crippen LogP contribution in [0.1, 0.15) is 29.2 Å². The van der Waals surface area contributed by atoms with E-state index < -0.39 is 65.8 Å². The van der Waals surface area contributed by atoms with Crippen molar-refractivity contribution in [2.45, 2.75) is 37.0 Å². The number of benzene rings is 2. The Balaban J connectivity index is 2.35. The van der Waals surface area contributed by atoms with Gasteiger partial charge >= 0.3 is 12.4 Å². The Morgan fingerprint density at radius 2 is 1.48 bits per heavy atom. The molecule has 0 aliphatic heterocycles. The fourth-order valence-corrected chi connectivity index (χ4v) is 4.20. The van der Waals surface area contributed by atoms with Crippen molar-refractivity contribution < 1.29 is 45.8 Å². The van der Waals surface area contributed by atoms with E-state index in [2.05, 4.69) is 26.6 Å². The minimum Gasteiger partial charge on any atom is -0.386 e. The lowest BCUT2D eigenvalue weighted by atomic mass is 9.99. The summed E-state index contributed by atoms with van der Waals surface area (Å²) in [5, 5.41) is 15.2. The van der Waals surface area contributed by atoms with Crippen LogP contribution in [-0.4, -0.2) is 66.0 Å². The van der Waals surface area contributed by atoms with E-state index in [0.717, 1.165) is 24.3 Å². The second-order valence-electron chi connectivity index (χ2n) is 9.00. The number of nitrogens with two attached hydrogens (primary N) is 3. The van der Waals surface area contributed by atoms with Gasteiger partial charge in [0.15, 0.2) is 0 Å². The summed E-state index contributed by atoms with van der Waals surface area (Å²) in [4.78, 5) is 39.9. The van der Waals surface area contributed by atoms with E-state index in [1.165, 1.54) is 4.90 Å². The molecule has 2 aromatic rings. The van der Waals surface area contributed by atoms with E-state index in [9.17, 15) is 45.8 Å². The summed E-state index contributed by atoms with van der Waals surface area (Å²) in [5.74, 6) is -2.92. The number of hydrogen-bond donors (Lipinski definition) is 6. The molecule has 0 bridgehead atoms. The van der Waals surface area contributed by atoms with Gasteiger partial charge in [-0.25, -0.2) is 0 Å². The number of halogens is 7. The van der Waals surface area contributed by atoms with Crippen LogP contribution in [0.15, 0.2) is 46.9 Å². The summed E-state index contributed by atoms with van der Waals surface area (Å²) in [6, 6.07) is 2.18. The first-order chi connectivity index (χ1) is 19.5. The van der Waals surface area contributed by atoms with Crippen molar-refractivity contribution >= 4 is 39.3 Å². The number of alkyl halides is 6. The maximum absolute atomic E-state index is 13.3. The number of nitrogens with one attached hydrogen (secondary N) is 2. The van der Waals surface area contributed by atoms with Gasteiger partial charge in [-0.15, -0.1) is 0 Å². The molecule has 42 heavy (non-hydrogen) atoms. The molecule has 0 saturated carbocycles. The maximum Gasteiger partial charge on any atom is 0.417 e. The molecule has 17 heteroatoms. The predicted molar refractivity (Wildman–Crippen MR) is 143 cm³/mol. The van der Waals surface area contributed by atoms with Crippen LogP contribution in [0.4, 0.5) is 32.0 Å². The van der Waals surface area contributed by atoms with Gasteiger partial charge in [-0.05, 0) is 35.9 Å². The molecule has 0 aliphatic rings. The number of aliphatic hydroxyl groups is 1. The quantitative estimate of drug-likeness (QED) is 0.187. The molecule has 0 heterocycles. The molecule has 10 nitrogen and oxygen atoms in total. The van der Waals surface area contributed by atoms with Crippen molar-refractivity contribution in [3.8, 4) is 0 Å². The summed E-state index contributed by atoms with van der Waals surface area (Å²) in [7, 11) is 0. The van der Waals surface area contributed by atoms with Gasteiger partial charge in [-0.2, -0.15) is 26.3 Å². The number of amides is 3. The molecule has 3 unspecified atom stereocenters. The Bertz CT molecular complexity index is 1240. The maximum atomic E-state index is 13.3. The van der Waals surface area contributed by atoms with Crippen molar-refractivity contribution in [1.29, 1.82) is 0 Å². The fourth-order valence-electron chi connectivity index (χ4n) is 3.73. The number of carbonyl (C=O) groups excluding carboxylic acids is 3. The lowest BCUT2D eigenvalue weighted by molar-refractivity contribution is -0.138. The molecule has 3 atom stereocenters. The number of hydrogen-bond acceptors (Lipinski definition) is 7. The number of nitrogens with zero attached hydrogens (tertiary/aromatic N) is 1. The third kappa shape index (κ3) is 9.65. The normalized spacial score (nSPS) is 14.1. The van der Waals surface area contributed by atoms with Crippen molar-refractivity contribution in [1.82, 2.24) is 10.2 Å². The van der Waals surface area contributed by atoms with Crippen LogP contribution in [0.3, 0.4) is 0 Å². The minimum absolute atomic E-state index is 0.0981. The number of aliphatic hydroxyl groups excluding tert-OH is 1. The Morgan fingerprint density at radius 1 is 0.905 bits per heavy atom. The first-order valence-electron chi connectivity index (χ1n) is 12.3. The Kier molecular flexibility index (Phi) is 12.3. The minimum atomic E-state index is -4.80. The van der Waals surface area contributed by atoms with E-state index in [4.69, 9.17) is 17.2 Å². The highest BCUT2D eigenvalue weighted by Gasteiger charge is 2.36. The topological polar surface area (TPSA) is 177 Å². The van der Waals surface area contributed by atoms with Gasteiger partial charge in [0.05, 0.1) is 23.6 Å². The summed E-state index contributed by atoms with van der Waals surface area (Å²) < 4.78 is 78.6. The van der Waals surface area contributed by atoms with Crippen molar-refractivity contribution in [3.63, 3.8) is 0 Å². The third-order valence-corrected chi connectivity index (χ3v) is 6.59. The van der Waals surface area contributed by atoms with Gasteiger partial charge < -0.3 is 37.8 Å². The molecule has 9 N–H and O–H groups in total. The smallest absolute Gasteiger partial charge is 0.386 e. The average molecular weight is 671 g/mol. The summed E-state index contributed by atoms with van der Waals surface area (Å²) in [5.41, 5.74) is 14.0. The van der Waals surface area contributed by atoms with Gasteiger partial charge in [-0.3, -0.25) is 14.4 Å². The largest absolute Gasteiger partial charge is 0.417 e. The lowest BCUT2D eigenvalue weighted by Crippen LogP contribution is -2.53. The van der Waals surface area contributed by atoms with E-state index in [1.807, 2.05) is 0 Å². The number of rotatable bonds is 12. The van der Waals surface area contributed by atoms with Crippen LogP contribution < -0.4 is 27.8 Å². The molecule has 0 radical (unpaired) electrons. The third-order valence-electron chi connectivity index (χ3n) is 5.90. The summed E-state index contributed by atoms with van der Waals surface area (Å²) >= 11 is 2.76. The molecular weight excluding hydrogens is 642 g/mol. The van der Waals surface area contributed by atoms with Crippen molar-refractivity contribution in [2.24, 2.45) is 17.2 Å². The number of carbonyl (C=O) groups is 3. The van der Waals surface area contributed by atoms with E-state index in [0.29, 0.717) is 18.2 Å². The predicted octanol–water partition coefficient (Wildman–Crippen LogP) is 2.11. The highest BCUT2D eigenvalue weighted by atomic mass is 79.9. The first-order valence-corrected chi connectivity index (χ1v) is 13.1. The average Bonchev–Trinajstić information content (AvgIpc) is 2.90. The molecule has 2 rings (SSSR count). The Labute approximate surface area is 244 Å². The summed E-state index contributed by atoms with van der Waals surface area (Å²) in [6.45, 7) is 0.436. The van der Waals surface area contributed by atoms with Crippen LogP contribution in [-0.2, 0) is 26.7 Å². The Hall–Kier alpha value is -3.25. The zero-order valence-electron chi connectivity index (χ0n) is 21.8. The first kappa shape index (κ1) is 34.9. The van der Waals surface area contributed by atoms with Gasteiger partial charge in [-0.1, -0.05) is 28.1 Å². The highest BCUT2D eigenvalue weighted by molar-refractivity contribution is 9.10. The molecule has 3 amide bonds. The van der Waals surface area contributed by atoms with Crippen LogP contribution in [0.25, 0.3) is 0 Å². The van der Waals surface area contributed by atoms with E-state index >= 15 is 0 Å². The lowest BCUT2D eigenvalue weighted by Gasteiger charge is -2.26. The van der Waals surface area contributed by atoms with E-state index in [1.54, 1.807) is 0 Å². The Morgan fingerprint density at radius 3 is 1.98 bits per heavy atom. The fraction of sp³-hybridized carbons (Fsp3) is 0.400. The molecule has 0 aromatic heterocycles. The van der Waals surface area contributed by atoms with Crippen LogP contribution in [0.5, 0.6) is 0 Å². The molecule has 2 aromatic carbocycles. The van der Waals surface area contributed by atoms with Crippen LogP contribution >= 0.6 is 15.9 Å². The zero-order valence-corrected chi connectivity index (χ0v) is 23.4. The van der Waals surface area contributed by atoms with Gasteiger partial charge in [0.2, 0.25) is 17.7 Å². The van der Waals surface area contributed by atoms with Gasteiger partial charge in [0, 0.05) is 36.3 Å². The van der Waals surface area contributed by atoms with Gasteiger partial charge in [0.25, 0.3) is 0 Å². The van der Waals surface area contributed by atoms with Crippen molar-refractivity contribution in [3.05, 3.63) is 63.6 Å². The van der Waals surface area contributed by atoms with Crippen LogP contribution in [0.2, 0.25) is 0 Å². The van der Waals surface area contributed by atoms with Crippen LogP contribution in [0, 0.1) is 0 Å². The molecule has 0 aliphatic carbocycles. The zero-order chi connectivity index (χ0) is 31.8. The molecule has 232 valence electrons. The molecule has 0 saturated heterocycles. The second kappa shape index (κ2) is 14.8. The van der Waals surface area contributed by atoms with Crippen molar-refractivity contribution in [2.75, 3.05) is 31.5 Å². The van der Waals surface area contributed by atoms with E-state index in [-0.39, 0.29) is 41.9 Å². The molecular formula is C25H29BrF6N6O4. The summed E-state index contributed by atoms with van der Waals surface area (Å²) in [6.07, 6.45) is -12.0. The molecule has 0 fully saturated rings. The second-order valence-corrected chi connectivity index (χ2v) is 9.86.